The SMILES string of the molecule is CCCCCCCOC(=O)/C(=C/C(F)F)NC(=O)OC(C)(C)CCCCC. The molecule has 7 heteroatoms. The summed E-state index contributed by atoms with van der Waals surface area (Å²) < 4.78 is 35.6. The molecule has 0 atom stereocenters. The minimum atomic E-state index is -2.89. The number of nitrogens with one attached hydrogen (secondary N) is 1. The number of allylic oxidation sites excluding steroid dienone is 1. The second-order valence-corrected chi connectivity index (χ2v) is 7.20. The molecule has 0 aliphatic rings. The van der Waals surface area contributed by atoms with Gasteiger partial charge in [0.2, 0.25) is 0 Å². The summed E-state index contributed by atoms with van der Waals surface area (Å²) in [7, 11) is 0. The number of carbonyl (C=O) groups is 2. The van der Waals surface area contributed by atoms with Crippen molar-refractivity contribution in [1.82, 2.24) is 5.32 Å². The van der Waals surface area contributed by atoms with Crippen molar-refractivity contribution in [2.75, 3.05) is 6.61 Å². The van der Waals surface area contributed by atoms with E-state index in [1.54, 1.807) is 13.8 Å². The standard InChI is InChI=1S/C20H35F2NO4/c1-5-7-9-10-12-14-26-18(24)16(15-17(21)22)23-19(25)27-20(3,4)13-11-8-6-2/h15,17H,5-14H2,1-4H3,(H,23,25)/b16-15-. The molecule has 0 aromatic heterocycles. The van der Waals surface area contributed by atoms with Gasteiger partial charge in [-0.1, -0.05) is 52.4 Å². The van der Waals surface area contributed by atoms with Gasteiger partial charge in [-0.2, -0.15) is 0 Å². The minimum absolute atomic E-state index is 0.127. The zero-order valence-corrected chi connectivity index (χ0v) is 17.1. The molecule has 158 valence electrons. The molecule has 27 heavy (non-hydrogen) atoms. The van der Waals surface area contributed by atoms with E-state index in [2.05, 4.69) is 19.2 Å². The molecule has 0 aliphatic heterocycles. The van der Waals surface area contributed by atoms with E-state index in [1.807, 2.05) is 0 Å². The van der Waals surface area contributed by atoms with Gasteiger partial charge in [0.1, 0.15) is 11.3 Å². The quantitative estimate of drug-likeness (QED) is 0.233. The van der Waals surface area contributed by atoms with Crippen LogP contribution in [0.4, 0.5) is 13.6 Å². The van der Waals surface area contributed by atoms with E-state index in [0.717, 1.165) is 44.9 Å². The molecule has 0 saturated heterocycles. The monoisotopic (exact) mass is 391 g/mol. The average Bonchev–Trinajstić information content (AvgIpc) is 2.56. The van der Waals surface area contributed by atoms with Gasteiger partial charge >= 0.3 is 12.1 Å². The Morgan fingerprint density at radius 3 is 2.19 bits per heavy atom. The molecule has 0 unspecified atom stereocenters. The van der Waals surface area contributed by atoms with E-state index in [0.29, 0.717) is 18.9 Å². The highest BCUT2D eigenvalue weighted by Crippen LogP contribution is 2.19. The highest BCUT2D eigenvalue weighted by Gasteiger charge is 2.25. The number of alkyl carbamates (subject to hydrolysis) is 1. The van der Waals surface area contributed by atoms with Crippen LogP contribution >= 0.6 is 0 Å². The number of amides is 1. The second-order valence-electron chi connectivity index (χ2n) is 7.20. The molecule has 0 aromatic rings. The molecule has 0 heterocycles. The zero-order chi connectivity index (χ0) is 20.7. The summed E-state index contributed by atoms with van der Waals surface area (Å²) in [5.74, 6) is -0.980. The van der Waals surface area contributed by atoms with Crippen LogP contribution in [0.15, 0.2) is 11.8 Å². The highest BCUT2D eigenvalue weighted by atomic mass is 19.3. The van der Waals surface area contributed by atoms with Crippen molar-refractivity contribution in [2.45, 2.75) is 97.5 Å². The van der Waals surface area contributed by atoms with Crippen LogP contribution in [-0.2, 0) is 14.3 Å². The summed E-state index contributed by atoms with van der Waals surface area (Å²) in [6, 6.07) is 0. The molecule has 5 nitrogen and oxygen atoms in total. The second kappa shape index (κ2) is 14.4. The molecule has 1 amide bonds. The van der Waals surface area contributed by atoms with Gasteiger partial charge in [0.05, 0.1) is 6.61 Å². The minimum Gasteiger partial charge on any atom is -0.461 e. The highest BCUT2D eigenvalue weighted by molar-refractivity contribution is 5.92. The summed E-state index contributed by atoms with van der Waals surface area (Å²) in [5.41, 5.74) is -1.34. The number of rotatable bonds is 14. The van der Waals surface area contributed by atoms with Crippen molar-refractivity contribution in [3.8, 4) is 0 Å². The van der Waals surface area contributed by atoms with Crippen LogP contribution in [0.25, 0.3) is 0 Å². The molecule has 0 spiro atoms. The number of hydrogen-bond donors (Lipinski definition) is 1. The molecule has 0 aliphatic carbocycles. The first-order valence-electron chi connectivity index (χ1n) is 9.89. The lowest BCUT2D eigenvalue weighted by atomic mass is 10.0. The maximum atomic E-state index is 12.7. The van der Waals surface area contributed by atoms with Gasteiger partial charge in [0, 0.05) is 6.08 Å². The molecule has 0 fully saturated rings. The zero-order valence-electron chi connectivity index (χ0n) is 17.1. The summed E-state index contributed by atoms with van der Waals surface area (Å²) in [5, 5.41) is 2.10. The van der Waals surface area contributed by atoms with E-state index < -0.39 is 29.8 Å². The van der Waals surface area contributed by atoms with Gasteiger partial charge < -0.3 is 9.47 Å². The molecular formula is C20H35F2NO4. The molecular weight excluding hydrogens is 356 g/mol. The Hall–Kier alpha value is -1.66. The number of halogens is 2. The number of esters is 1. The smallest absolute Gasteiger partial charge is 0.412 e. The van der Waals surface area contributed by atoms with Crippen LogP contribution in [0, 0.1) is 0 Å². The third-order valence-electron chi connectivity index (χ3n) is 3.98. The van der Waals surface area contributed by atoms with Gasteiger partial charge in [-0.15, -0.1) is 0 Å². The summed E-state index contributed by atoms with van der Waals surface area (Å²) in [6.07, 6.45) is 4.89. The van der Waals surface area contributed by atoms with Crippen molar-refractivity contribution < 1.29 is 27.8 Å². The molecule has 0 bridgehead atoms. The normalized spacial score (nSPS) is 12.2. The van der Waals surface area contributed by atoms with Crippen molar-refractivity contribution >= 4 is 12.1 Å². The van der Waals surface area contributed by atoms with E-state index in [-0.39, 0.29) is 6.61 Å². The molecule has 0 rings (SSSR count). The fourth-order valence-electron chi connectivity index (χ4n) is 2.47. The summed E-state index contributed by atoms with van der Waals surface area (Å²) >= 11 is 0. The first kappa shape index (κ1) is 25.3. The van der Waals surface area contributed by atoms with E-state index in [4.69, 9.17) is 9.47 Å². The van der Waals surface area contributed by atoms with Gasteiger partial charge in [0.15, 0.2) is 0 Å². The molecule has 0 aromatic carbocycles. The Balaban J connectivity index is 4.55. The summed E-state index contributed by atoms with van der Waals surface area (Å²) in [6.45, 7) is 7.78. The van der Waals surface area contributed by atoms with Crippen LogP contribution in [-0.4, -0.2) is 30.7 Å². The lowest BCUT2D eigenvalue weighted by Gasteiger charge is -2.25. The van der Waals surface area contributed by atoms with Crippen LogP contribution in [0.2, 0.25) is 0 Å². The van der Waals surface area contributed by atoms with E-state index in [1.165, 1.54) is 0 Å². The van der Waals surface area contributed by atoms with Gasteiger partial charge in [-0.25, -0.2) is 18.4 Å². The third kappa shape index (κ3) is 14.1. The maximum Gasteiger partial charge on any atom is 0.412 e. The van der Waals surface area contributed by atoms with Crippen molar-refractivity contribution in [3.63, 3.8) is 0 Å². The number of ether oxygens (including phenoxy) is 2. The Morgan fingerprint density at radius 2 is 1.59 bits per heavy atom. The Bertz CT molecular complexity index is 465. The lowest BCUT2D eigenvalue weighted by Crippen LogP contribution is -2.36. The summed E-state index contributed by atoms with van der Waals surface area (Å²) in [4.78, 5) is 24.0. The first-order valence-corrected chi connectivity index (χ1v) is 9.89. The molecule has 1 N–H and O–H groups in total. The fourth-order valence-corrected chi connectivity index (χ4v) is 2.47. The van der Waals surface area contributed by atoms with Crippen LogP contribution in [0.1, 0.15) is 85.5 Å². The first-order chi connectivity index (χ1) is 12.7. The molecule has 0 saturated carbocycles. The number of alkyl halides is 2. The maximum absolute atomic E-state index is 12.7. The largest absolute Gasteiger partial charge is 0.461 e. The van der Waals surface area contributed by atoms with Crippen LogP contribution < -0.4 is 5.32 Å². The van der Waals surface area contributed by atoms with Crippen LogP contribution in [0.5, 0.6) is 0 Å². The van der Waals surface area contributed by atoms with Crippen LogP contribution in [0.3, 0.4) is 0 Å². The Kier molecular flexibility index (Phi) is 13.5. The average molecular weight is 391 g/mol. The predicted molar refractivity (Wildman–Crippen MR) is 102 cm³/mol. The number of carbonyl (C=O) groups excluding carboxylic acids is 2. The Labute approximate surface area is 161 Å². The van der Waals surface area contributed by atoms with Crippen molar-refractivity contribution in [3.05, 3.63) is 11.8 Å². The number of unbranched alkanes of at least 4 members (excludes halogenated alkanes) is 6. The van der Waals surface area contributed by atoms with E-state index >= 15 is 0 Å². The van der Waals surface area contributed by atoms with Crippen molar-refractivity contribution in [1.29, 1.82) is 0 Å². The fraction of sp³-hybridized carbons (Fsp3) is 0.800. The van der Waals surface area contributed by atoms with Gasteiger partial charge in [-0.05, 0) is 33.1 Å². The number of hydrogen-bond acceptors (Lipinski definition) is 4. The van der Waals surface area contributed by atoms with E-state index in [9.17, 15) is 18.4 Å². The topological polar surface area (TPSA) is 64.6 Å². The third-order valence-corrected chi connectivity index (χ3v) is 3.98. The molecule has 0 radical (unpaired) electrons. The van der Waals surface area contributed by atoms with Crippen molar-refractivity contribution in [2.24, 2.45) is 0 Å². The van der Waals surface area contributed by atoms with Gasteiger partial charge in [0.25, 0.3) is 6.43 Å². The predicted octanol–water partition coefficient (Wildman–Crippen LogP) is 5.73. The van der Waals surface area contributed by atoms with Gasteiger partial charge in [-0.3, -0.25) is 5.32 Å². The Morgan fingerprint density at radius 1 is 1.00 bits per heavy atom. The lowest BCUT2D eigenvalue weighted by molar-refractivity contribution is -0.139.